The van der Waals surface area contributed by atoms with Gasteiger partial charge in [-0.3, -0.25) is 9.78 Å². The fraction of sp³-hybridized carbons (Fsp3) is 0.100. The van der Waals surface area contributed by atoms with E-state index in [2.05, 4.69) is 9.97 Å². The summed E-state index contributed by atoms with van der Waals surface area (Å²) in [6.45, 7) is 0. The molecule has 0 spiro atoms. The van der Waals surface area contributed by atoms with Crippen LogP contribution in [-0.4, -0.2) is 15.8 Å². The Morgan fingerprint density at radius 1 is 1.33 bits per heavy atom. The molecule has 0 atom stereocenters. The molecule has 0 fully saturated rings. The number of carbonyl (C=O) groups is 1. The summed E-state index contributed by atoms with van der Waals surface area (Å²) in [5, 5.41) is -0.469. The Balaban J connectivity index is 2.40. The van der Waals surface area contributed by atoms with E-state index in [4.69, 9.17) is 11.6 Å². The minimum atomic E-state index is -4.59. The van der Waals surface area contributed by atoms with E-state index in [-0.39, 0.29) is 5.56 Å². The van der Waals surface area contributed by atoms with Crippen molar-refractivity contribution in [2.24, 2.45) is 0 Å². The van der Waals surface area contributed by atoms with Gasteiger partial charge in [-0.1, -0.05) is 11.6 Å². The van der Waals surface area contributed by atoms with Crippen molar-refractivity contribution in [3.05, 3.63) is 45.1 Å². The second-order valence-electron chi connectivity index (χ2n) is 3.23. The maximum Gasteiger partial charge on any atom is 0.433 e. The van der Waals surface area contributed by atoms with E-state index in [1.165, 1.54) is 11.7 Å². The van der Waals surface area contributed by atoms with Crippen LogP contribution < -0.4 is 0 Å². The van der Waals surface area contributed by atoms with Crippen molar-refractivity contribution in [1.29, 1.82) is 0 Å². The molecule has 0 aliphatic rings. The third kappa shape index (κ3) is 2.51. The Hall–Kier alpha value is -1.47. The number of alkyl halides is 3. The van der Waals surface area contributed by atoms with E-state index in [1.807, 2.05) is 0 Å². The van der Waals surface area contributed by atoms with Gasteiger partial charge < -0.3 is 0 Å². The van der Waals surface area contributed by atoms with E-state index in [9.17, 15) is 18.0 Å². The van der Waals surface area contributed by atoms with Crippen molar-refractivity contribution in [2.75, 3.05) is 0 Å². The highest BCUT2D eigenvalue weighted by Gasteiger charge is 2.33. The van der Waals surface area contributed by atoms with Crippen LogP contribution in [0.15, 0.2) is 23.8 Å². The van der Waals surface area contributed by atoms with Crippen LogP contribution in [0.4, 0.5) is 13.2 Å². The largest absolute Gasteiger partial charge is 0.433 e. The lowest BCUT2D eigenvalue weighted by molar-refractivity contribution is -0.141. The first-order chi connectivity index (χ1) is 8.39. The van der Waals surface area contributed by atoms with Gasteiger partial charge in [-0.2, -0.15) is 13.2 Å². The number of rotatable bonds is 2. The topological polar surface area (TPSA) is 42.9 Å². The fourth-order valence-corrected chi connectivity index (χ4v) is 2.04. The zero-order valence-corrected chi connectivity index (χ0v) is 10.1. The molecule has 0 N–H and O–H groups in total. The van der Waals surface area contributed by atoms with E-state index in [1.54, 1.807) is 0 Å². The van der Waals surface area contributed by atoms with Crippen LogP contribution in [-0.2, 0) is 6.18 Å². The molecule has 3 nitrogen and oxygen atoms in total. The zero-order valence-electron chi connectivity index (χ0n) is 8.53. The average molecular weight is 293 g/mol. The van der Waals surface area contributed by atoms with Crippen LogP contribution in [0.25, 0.3) is 0 Å². The molecule has 2 aromatic rings. The SMILES string of the molecule is O=C(c1cncs1)c1ccc(C(F)(F)F)nc1Cl. The van der Waals surface area contributed by atoms with Gasteiger partial charge in [0.15, 0.2) is 0 Å². The van der Waals surface area contributed by atoms with E-state index in [0.29, 0.717) is 4.88 Å². The molecule has 0 amide bonds. The fourth-order valence-electron chi connectivity index (χ4n) is 1.22. The second-order valence-corrected chi connectivity index (χ2v) is 4.47. The quantitative estimate of drug-likeness (QED) is 0.629. The lowest BCUT2D eigenvalue weighted by Gasteiger charge is -2.07. The summed E-state index contributed by atoms with van der Waals surface area (Å²) in [4.78, 5) is 19.0. The number of carbonyl (C=O) groups excluding carboxylic acids is 1. The van der Waals surface area contributed by atoms with Crippen LogP contribution in [0.1, 0.15) is 20.9 Å². The average Bonchev–Trinajstić information content (AvgIpc) is 2.80. The number of hydrogen-bond donors (Lipinski definition) is 0. The molecule has 94 valence electrons. The molecule has 0 saturated heterocycles. The van der Waals surface area contributed by atoms with Crippen molar-refractivity contribution in [1.82, 2.24) is 9.97 Å². The van der Waals surface area contributed by atoms with Crippen LogP contribution in [0.5, 0.6) is 0 Å². The van der Waals surface area contributed by atoms with Gasteiger partial charge in [0.2, 0.25) is 5.78 Å². The first-order valence-electron chi connectivity index (χ1n) is 4.56. The molecule has 18 heavy (non-hydrogen) atoms. The second kappa shape index (κ2) is 4.66. The molecule has 8 heteroatoms. The third-order valence-electron chi connectivity index (χ3n) is 2.04. The predicted octanol–water partition coefficient (Wildman–Crippen LogP) is 3.44. The van der Waals surface area contributed by atoms with Crippen LogP contribution in [0.2, 0.25) is 5.15 Å². The van der Waals surface area contributed by atoms with Gasteiger partial charge in [-0.15, -0.1) is 11.3 Å². The lowest BCUT2D eigenvalue weighted by Crippen LogP contribution is -2.10. The highest BCUT2D eigenvalue weighted by molar-refractivity contribution is 7.11. The van der Waals surface area contributed by atoms with Gasteiger partial charge in [0, 0.05) is 6.20 Å². The molecule has 0 bridgehead atoms. The Bertz CT molecular complexity index is 583. The van der Waals surface area contributed by atoms with Crippen molar-refractivity contribution < 1.29 is 18.0 Å². The number of thiazole rings is 1. The molecule has 2 heterocycles. The van der Waals surface area contributed by atoms with Gasteiger partial charge in [0.05, 0.1) is 16.0 Å². The Morgan fingerprint density at radius 3 is 2.56 bits per heavy atom. The maximum atomic E-state index is 12.4. The molecule has 2 rings (SSSR count). The third-order valence-corrected chi connectivity index (χ3v) is 3.10. The lowest BCUT2D eigenvalue weighted by atomic mass is 10.1. The summed E-state index contributed by atoms with van der Waals surface area (Å²) in [6, 6.07) is 1.74. The highest BCUT2D eigenvalue weighted by atomic mass is 35.5. The van der Waals surface area contributed by atoms with Gasteiger partial charge in [-0.25, -0.2) is 4.98 Å². The van der Waals surface area contributed by atoms with Crippen molar-refractivity contribution in [3.8, 4) is 0 Å². The van der Waals surface area contributed by atoms with Crippen LogP contribution >= 0.6 is 22.9 Å². The van der Waals surface area contributed by atoms with Crippen molar-refractivity contribution in [3.63, 3.8) is 0 Å². The monoisotopic (exact) mass is 292 g/mol. The van der Waals surface area contributed by atoms with Gasteiger partial charge in [0.25, 0.3) is 0 Å². The van der Waals surface area contributed by atoms with Crippen molar-refractivity contribution in [2.45, 2.75) is 6.18 Å². The van der Waals surface area contributed by atoms with E-state index >= 15 is 0 Å². The van der Waals surface area contributed by atoms with E-state index < -0.39 is 22.8 Å². The predicted molar refractivity (Wildman–Crippen MR) is 59.8 cm³/mol. The number of aromatic nitrogens is 2. The van der Waals surface area contributed by atoms with Crippen LogP contribution in [0, 0.1) is 0 Å². The minimum Gasteiger partial charge on any atom is -0.288 e. The smallest absolute Gasteiger partial charge is 0.288 e. The Labute approximate surface area is 108 Å². The maximum absolute atomic E-state index is 12.4. The molecular formula is C10H4ClF3N2OS. The Morgan fingerprint density at radius 2 is 2.06 bits per heavy atom. The first kappa shape index (κ1) is 13.0. The molecule has 0 aromatic carbocycles. The summed E-state index contributed by atoms with van der Waals surface area (Å²) < 4.78 is 37.1. The molecule has 0 radical (unpaired) electrons. The number of ketones is 1. The normalized spacial score (nSPS) is 11.6. The molecule has 0 aliphatic heterocycles. The van der Waals surface area contributed by atoms with Crippen LogP contribution in [0.3, 0.4) is 0 Å². The Kier molecular flexibility index (Phi) is 3.36. The summed E-state index contributed by atoms with van der Waals surface area (Å²) in [5.74, 6) is -0.497. The number of pyridine rings is 1. The standard InChI is InChI=1S/C10H4ClF3N2OS/c11-9-5(8(17)6-3-15-4-18-6)1-2-7(16-9)10(12,13)14/h1-4H. The minimum absolute atomic E-state index is 0.0751. The van der Waals surface area contributed by atoms with Gasteiger partial charge in [0.1, 0.15) is 10.8 Å². The molecule has 2 aromatic heterocycles. The van der Waals surface area contributed by atoms with Crippen molar-refractivity contribution >= 4 is 28.7 Å². The van der Waals surface area contributed by atoms with Gasteiger partial charge >= 0.3 is 6.18 Å². The molecule has 0 aliphatic carbocycles. The summed E-state index contributed by atoms with van der Waals surface area (Å²) in [7, 11) is 0. The molecular weight excluding hydrogens is 289 g/mol. The van der Waals surface area contributed by atoms with E-state index in [0.717, 1.165) is 23.5 Å². The zero-order chi connectivity index (χ0) is 13.3. The number of hydrogen-bond acceptors (Lipinski definition) is 4. The molecule has 0 unspecified atom stereocenters. The number of halogens is 4. The summed E-state index contributed by atoms with van der Waals surface area (Å²) >= 11 is 6.67. The van der Waals surface area contributed by atoms with Gasteiger partial charge in [-0.05, 0) is 12.1 Å². The summed E-state index contributed by atoms with van der Waals surface area (Å²) in [5.41, 5.74) is 0.237. The molecule has 0 saturated carbocycles. The first-order valence-corrected chi connectivity index (χ1v) is 5.82. The number of nitrogens with zero attached hydrogens (tertiary/aromatic N) is 2. The summed E-state index contributed by atoms with van der Waals surface area (Å²) in [6.07, 6.45) is -3.27. The highest BCUT2D eigenvalue weighted by Crippen LogP contribution is 2.30.